The molecular weight excluding hydrogens is 356 g/mol. The van der Waals surface area contributed by atoms with Crippen LogP contribution in [-0.2, 0) is 9.53 Å². The van der Waals surface area contributed by atoms with Gasteiger partial charge in [-0.15, -0.1) is 0 Å². The van der Waals surface area contributed by atoms with Crippen molar-refractivity contribution in [1.29, 1.82) is 0 Å². The zero-order chi connectivity index (χ0) is 15.0. The van der Waals surface area contributed by atoms with E-state index in [2.05, 4.69) is 25.9 Å². The molecule has 1 aliphatic heterocycles. The summed E-state index contributed by atoms with van der Waals surface area (Å²) in [6.45, 7) is 0. The Bertz CT molecular complexity index is 723. The summed E-state index contributed by atoms with van der Waals surface area (Å²) in [5.74, 6) is 0.136. The average Bonchev–Trinajstić information content (AvgIpc) is 2.53. The van der Waals surface area contributed by atoms with Gasteiger partial charge in [-0.05, 0) is 24.5 Å². The topological polar surface area (TPSA) is 61.3 Å². The second-order valence-corrected chi connectivity index (χ2v) is 6.01. The molecule has 1 aliphatic rings. The van der Waals surface area contributed by atoms with Crippen molar-refractivity contribution in [3.8, 4) is 17.0 Å². The standard InChI is InChI=1S/C14H11BrN2O3S/c1-19-13(18)12-9-6-16-14(21-2)17-11(9)8-5-7(15)3-4-10(8)20-12/h3-6,12H,1-2H3/t12-/m0/s1. The summed E-state index contributed by atoms with van der Waals surface area (Å²) in [6, 6.07) is 5.58. The Labute approximate surface area is 134 Å². The molecular formula is C14H11BrN2O3S. The third-order valence-corrected chi connectivity index (χ3v) is 4.17. The predicted octanol–water partition coefficient (Wildman–Crippen LogP) is 3.23. The largest absolute Gasteiger partial charge is 0.473 e. The SMILES string of the molecule is COC(=O)[C@H]1Oc2ccc(Br)cc2-c2nc(SC)ncc21. The van der Waals surface area contributed by atoms with Crippen molar-refractivity contribution in [2.75, 3.05) is 13.4 Å². The maximum absolute atomic E-state index is 11.9. The molecule has 1 atom stereocenters. The van der Waals surface area contributed by atoms with Crippen LogP contribution in [0.2, 0.25) is 0 Å². The minimum atomic E-state index is -0.838. The zero-order valence-corrected chi connectivity index (χ0v) is 13.7. The van der Waals surface area contributed by atoms with Crippen LogP contribution in [-0.4, -0.2) is 29.3 Å². The number of halogens is 1. The first-order valence-electron chi connectivity index (χ1n) is 6.09. The van der Waals surface area contributed by atoms with Gasteiger partial charge >= 0.3 is 5.97 Å². The van der Waals surface area contributed by atoms with Gasteiger partial charge in [-0.1, -0.05) is 27.7 Å². The van der Waals surface area contributed by atoms with Crippen molar-refractivity contribution in [3.63, 3.8) is 0 Å². The molecule has 3 rings (SSSR count). The highest BCUT2D eigenvalue weighted by atomic mass is 79.9. The number of nitrogens with zero attached hydrogens (tertiary/aromatic N) is 2. The first-order chi connectivity index (χ1) is 10.1. The maximum atomic E-state index is 11.9. The van der Waals surface area contributed by atoms with Gasteiger partial charge < -0.3 is 9.47 Å². The van der Waals surface area contributed by atoms with Crippen molar-refractivity contribution in [2.45, 2.75) is 11.3 Å². The van der Waals surface area contributed by atoms with Crippen LogP contribution in [0.1, 0.15) is 11.7 Å². The van der Waals surface area contributed by atoms with Crippen LogP contribution in [0.5, 0.6) is 5.75 Å². The molecule has 0 saturated heterocycles. The molecule has 1 aromatic heterocycles. The minimum absolute atomic E-state index is 0.467. The maximum Gasteiger partial charge on any atom is 0.351 e. The van der Waals surface area contributed by atoms with Gasteiger partial charge in [0.25, 0.3) is 0 Å². The molecule has 0 bridgehead atoms. The van der Waals surface area contributed by atoms with Crippen molar-refractivity contribution in [3.05, 3.63) is 34.4 Å². The molecule has 5 nitrogen and oxygen atoms in total. The van der Waals surface area contributed by atoms with Gasteiger partial charge in [-0.2, -0.15) is 0 Å². The van der Waals surface area contributed by atoms with Gasteiger partial charge in [0.05, 0.1) is 12.8 Å². The number of fused-ring (bicyclic) bond motifs is 3. The number of ether oxygens (including phenoxy) is 2. The van der Waals surface area contributed by atoms with Crippen LogP contribution >= 0.6 is 27.7 Å². The number of hydrogen-bond acceptors (Lipinski definition) is 6. The second-order valence-electron chi connectivity index (χ2n) is 4.32. The number of aromatic nitrogens is 2. The van der Waals surface area contributed by atoms with Crippen LogP contribution in [0.25, 0.3) is 11.3 Å². The van der Waals surface area contributed by atoms with E-state index in [1.54, 1.807) is 12.3 Å². The zero-order valence-electron chi connectivity index (χ0n) is 11.3. The Kier molecular flexibility index (Phi) is 3.86. The predicted molar refractivity (Wildman–Crippen MR) is 82.3 cm³/mol. The Morgan fingerprint density at radius 1 is 1.48 bits per heavy atom. The molecule has 1 aromatic carbocycles. The molecule has 0 spiro atoms. The van der Waals surface area contributed by atoms with Crippen molar-refractivity contribution in [2.24, 2.45) is 0 Å². The number of rotatable bonds is 2. The number of carbonyl (C=O) groups is 1. The highest BCUT2D eigenvalue weighted by Gasteiger charge is 2.34. The Hall–Kier alpha value is -1.60. The number of thioether (sulfide) groups is 1. The lowest BCUT2D eigenvalue weighted by Crippen LogP contribution is -2.24. The summed E-state index contributed by atoms with van der Waals surface area (Å²) in [4.78, 5) is 20.7. The van der Waals surface area contributed by atoms with E-state index in [1.165, 1.54) is 18.9 Å². The van der Waals surface area contributed by atoms with Gasteiger partial charge in [0, 0.05) is 21.8 Å². The van der Waals surface area contributed by atoms with Gasteiger partial charge in [0.15, 0.2) is 5.16 Å². The van der Waals surface area contributed by atoms with Crippen LogP contribution < -0.4 is 4.74 Å². The number of benzene rings is 1. The smallest absolute Gasteiger partial charge is 0.351 e. The van der Waals surface area contributed by atoms with Gasteiger partial charge in [-0.25, -0.2) is 14.8 Å². The summed E-state index contributed by atoms with van der Waals surface area (Å²) >= 11 is 4.88. The van der Waals surface area contributed by atoms with E-state index in [1.807, 2.05) is 18.4 Å². The van der Waals surface area contributed by atoms with Crippen LogP contribution in [0, 0.1) is 0 Å². The Balaban J connectivity index is 2.22. The van der Waals surface area contributed by atoms with E-state index in [-0.39, 0.29) is 0 Å². The summed E-state index contributed by atoms with van der Waals surface area (Å²) in [6.07, 6.45) is 2.69. The van der Waals surface area contributed by atoms with Gasteiger partial charge in [-0.3, -0.25) is 0 Å². The first kappa shape index (κ1) is 14.3. The molecule has 0 amide bonds. The van der Waals surface area contributed by atoms with Gasteiger partial charge in [0.1, 0.15) is 5.75 Å². The molecule has 0 saturated carbocycles. The van der Waals surface area contributed by atoms with E-state index in [9.17, 15) is 4.79 Å². The fourth-order valence-corrected chi connectivity index (χ4v) is 2.85. The Morgan fingerprint density at radius 2 is 2.29 bits per heavy atom. The lowest BCUT2D eigenvalue weighted by atomic mass is 9.99. The van der Waals surface area contributed by atoms with E-state index >= 15 is 0 Å². The number of methoxy groups -OCH3 is 1. The van der Waals surface area contributed by atoms with E-state index < -0.39 is 12.1 Å². The fourth-order valence-electron chi connectivity index (χ4n) is 2.14. The average molecular weight is 367 g/mol. The van der Waals surface area contributed by atoms with Crippen LogP contribution in [0.3, 0.4) is 0 Å². The minimum Gasteiger partial charge on any atom is -0.473 e. The van der Waals surface area contributed by atoms with Crippen LogP contribution in [0.4, 0.5) is 0 Å². The quantitative estimate of drug-likeness (QED) is 0.461. The Morgan fingerprint density at radius 3 is 3.00 bits per heavy atom. The fraction of sp³-hybridized carbons (Fsp3) is 0.214. The summed E-state index contributed by atoms with van der Waals surface area (Å²) in [5.41, 5.74) is 2.15. The number of esters is 1. The van der Waals surface area contributed by atoms with Crippen molar-refractivity contribution >= 4 is 33.7 Å². The van der Waals surface area contributed by atoms with E-state index in [4.69, 9.17) is 9.47 Å². The third-order valence-electron chi connectivity index (χ3n) is 3.12. The first-order valence-corrected chi connectivity index (χ1v) is 8.11. The second kappa shape index (κ2) is 5.65. The van der Waals surface area contributed by atoms with Crippen LogP contribution in [0.15, 0.2) is 34.0 Å². The van der Waals surface area contributed by atoms with E-state index in [0.29, 0.717) is 22.2 Å². The molecule has 0 N–H and O–H groups in total. The molecule has 0 fully saturated rings. The summed E-state index contributed by atoms with van der Waals surface area (Å²) in [7, 11) is 1.33. The molecule has 0 aliphatic carbocycles. The number of hydrogen-bond donors (Lipinski definition) is 0. The molecule has 21 heavy (non-hydrogen) atoms. The molecule has 7 heteroatoms. The molecule has 0 radical (unpaired) electrons. The number of carbonyl (C=O) groups excluding carboxylic acids is 1. The highest BCUT2D eigenvalue weighted by molar-refractivity contribution is 9.10. The summed E-state index contributed by atoms with van der Waals surface area (Å²) < 4.78 is 11.5. The van der Waals surface area contributed by atoms with E-state index in [0.717, 1.165) is 10.0 Å². The normalized spacial score (nSPS) is 15.7. The molecule has 0 unspecified atom stereocenters. The highest BCUT2D eigenvalue weighted by Crippen LogP contribution is 2.42. The molecule has 2 heterocycles. The molecule has 108 valence electrons. The van der Waals surface area contributed by atoms with Crippen molar-refractivity contribution < 1.29 is 14.3 Å². The monoisotopic (exact) mass is 366 g/mol. The lowest BCUT2D eigenvalue weighted by molar-refractivity contribution is -0.149. The summed E-state index contributed by atoms with van der Waals surface area (Å²) in [5, 5.41) is 0.644. The van der Waals surface area contributed by atoms with Crippen molar-refractivity contribution in [1.82, 2.24) is 9.97 Å². The lowest BCUT2D eigenvalue weighted by Gasteiger charge is -2.26. The van der Waals surface area contributed by atoms with Gasteiger partial charge in [0.2, 0.25) is 6.10 Å². The molecule has 2 aromatic rings. The third kappa shape index (κ3) is 2.51.